The number of ketones is 1. The Labute approximate surface area is 164 Å². The third kappa shape index (κ3) is 3.42. The lowest BCUT2D eigenvalue weighted by molar-refractivity contribution is -0.138. The predicted molar refractivity (Wildman–Crippen MR) is 105 cm³/mol. The molecule has 1 aromatic carbocycles. The molecule has 1 aromatic rings. The van der Waals surface area contributed by atoms with E-state index in [0.29, 0.717) is 40.3 Å². The highest BCUT2D eigenvalue weighted by molar-refractivity contribution is 6.04. The molecular formula is C22H25NO5. The Balaban J connectivity index is 2.22. The average molecular weight is 383 g/mol. The number of benzene rings is 1. The van der Waals surface area contributed by atoms with E-state index < -0.39 is 11.9 Å². The van der Waals surface area contributed by atoms with E-state index in [4.69, 9.17) is 14.2 Å². The maximum Gasteiger partial charge on any atom is 0.337 e. The minimum Gasteiger partial charge on any atom is -0.493 e. The van der Waals surface area contributed by atoms with E-state index in [1.165, 1.54) is 6.08 Å². The number of hydrogen-bond donors (Lipinski definition) is 1. The SMILES string of the molecule is C=CCOC(=O)C1=C(C)NC2=C(C(=O)CCC2)[C@H]1c1cccc(OC)c1OC. The van der Waals surface area contributed by atoms with E-state index in [2.05, 4.69) is 11.9 Å². The van der Waals surface area contributed by atoms with Crippen molar-refractivity contribution in [2.75, 3.05) is 20.8 Å². The summed E-state index contributed by atoms with van der Waals surface area (Å²) in [5, 5.41) is 3.26. The van der Waals surface area contributed by atoms with Gasteiger partial charge in [-0.2, -0.15) is 0 Å². The highest BCUT2D eigenvalue weighted by Crippen LogP contribution is 2.47. The van der Waals surface area contributed by atoms with Gasteiger partial charge in [-0.05, 0) is 25.8 Å². The van der Waals surface area contributed by atoms with Crippen LogP contribution in [0.5, 0.6) is 11.5 Å². The second-order valence-corrected chi connectivity index (χ2v) is 6.74. The highest BCUT2D eigenvalue weighted by Gasteiger charge is 2.40. The molecule has 0 bridgehead atoms. The fourth-order valence-corrected chi connectivity index (χ4v) is 3.92. The summed E-state index contributed by atoms with van der Waals surface area (Å²) >= 11 is 0. The molecule has 0 aromatic heterocycles. The Kier molecular flexibility index (Phi) is 5.87. The van der Waals surface area contributed by atoms with Crippen molar-refractivity contribution in [2.45, 2.75) is 32.1 Å². The third-order valence-corrected chi connectivity index (χ3v) is 5.07. The summed E-state index contributed by atoms with van der Waals surface area (Å²) in [6.07, 6.45) is 3.52. The molecule has 28 heavy (non-hydrogen) atoms. The molecule has 0 unspecified atom stereocenters. The van der Waals surface area contributed by atoms with Crippen LogP contribution < -0.4 is 14.8 Å². The molecule has 0 fully saturated rings. The molecule has 1 aliphatic carbocycles. The van der Waals surface area contributed by atoms with Crippen LogP contribution in [0.25, 0.3) is 0 Å². The van der Waals surface area contributed by atoms with Gasteiger partial charge in [-0.3, -0.25) is 4.79 Å². The van der Waals surface area contributed by atoms with Crippen LogP contribution >= 0.6 is 0 Å². The number of hydrogen-bond acceptors (Lipinski definition) is 6. The number of carbonyl (C=O) groups excluding carboxylic acids is 2. The smallest absolute Gasteiger partial charge is 0.337 e. The number of methoxy groups -OCH3 is 2. The quantitative estimate of drug-likeness (QED) is 0.600. The van der Waals surface area contributed by atoms with Crippen molar-refractivity contribution in [3.05, 3.63) is 59.0 Å². The number of dihydropyridines is 1. The molecule has 1 aliphatic heterocycles. The van der Waals surface area contributed by atoms with Gasteiger partial charge in [-0.15, -0.1) is 0 Å². The molecular weight excluding hydrogens is 358 g/mol. The van der Waals surface area contributed by atoms with Gasteiger partial charge in [0.2, 0.25) is 0 Å². The summed E-state index contributed by atoms with van der Waals surface area (Å²) < 4.78 is 16.4. The van der Waals surface area contributed by atoms with E-state index in [1.807, 2.05) is 19.1 Å². The van der Waals surface area contributed by atoms with E-state index in [9.17, 15) is 9.59 Å². The van der Waals surface area contributed by atoms with Crippen LogP contribution in [0.15, 0.2) is 53.4 Å². The van der Waals surface area contributed by atoms with Crippen molar-refractivity contribution in [1.82, 2.24) is 5.32 Å². The second kappa shape index (κ2) is 8.33. The molecule has 3 rings (SSSR count). The van der Waals surface area contributed by atoms with Crippen LogP contribution in [-0.2, 0) is 14.3 Å². The fourth-order valence-electron chi connectivity index (χ4n) is 3.92. The Morgan fingerprint density at radius 3 is 2.75 bits per heavy atom. The first kappa shape index (κ1) is 19.7. The second-order valence-electron chi connectivity index (χ2n) is 6.74. The molecule has 0 radical (unpaired) electrons. The van der Waals surface area contributed by atoms with Gasteiger partial charge < -0.3 is 19.5 Å². The zero-order valence-corrected chi connectivity index (χ0v) is 16.5. The van der Waals surface area contributed by atoms with Gasteiger partial charge in [0.1, 0.15) is 6.61 Å². The Hall–Kier alpha value is -3.02. The van der Waals surface area contributed by atoms with Crippen LogP contribution in [0, 0.1) is 0 Å². The van der Waals surface area contributed by atoms with Crippen molar-refractivity contribution in [3.8, 4) is 11.5 Å². The first-order chi connectivity index (χ1) is 13.5. The number of ether oxygens (including phenoxy) is 3. The van der Waals surface area contributed by atoms with Crippen molar-refractivity contribution >= 4 is 11.8 Å². The molecule has 6 heteroatoms. The minimum absolute atomic E-state index is 0.0325. The van der Waals surface area contributed by atoms with Gasteiger partial charge in [-0.25, -0.2) is 4.79 Å². The molecule has 6 nitrogen and oxygen atoms in total. The lowest BCUT2D eigenvalue weighted by atomic mass is 9.75. The maximum absolute atomic E-state index is 12.9. The Bertz CT molecular complexity index is 881. The molecule has 0 amide bonds. The summed E-state index contributed by atoms with van der Waals surface area (Å²) in [5.74, 6) is 0.0191. The van der Waals surface area contributed by atoms with Crippen LogP contribution in [0.2, 0.25) is 0 Å². The standard InChI is InChI=1S/C22H25NO5/c1-5-12-28-22(25)18-13(2)23-15-9-7-10-16(24)20(15)19(18)14-8-6-11-17(26-3)21(14)27-4/h5-6,8,11,19,23H,1,7,9-10,12H2,2-4H3/t19-/m0/s1. The zero-order chi connectivity index (χ0) is 20.3. The lowest BCUT2D eigenvalue weighted by Gasteiger charge is -2.34. The van der Waals surface area contributed by atoms with Crippen LogP contribution in [-0.4, -0.2) is 32.6 Å². The zero-order valence-electron chi connectivity index (χ0n) is 16.5. The summed E-state index contributed by atoms with van der Waals surface area (Å²) in [5.41, 5.74) is 3.26. The van der Waals surface area contributed by atoms with E-state index in [-0.39, 0.29) is 12.4 Å². The van der Waals surface area contributed by atoms with E-state index >= 15 is 0 Å². The van der Waals surface area contributed by atoms with E-state index in [0.717, 1.165) is 18.5 Å². The van der Waals surface area contributed by atoms with Gasteiger partial charge in [-0.1, -0.05) is 24.8 Å². The van der Waals surface area contributed by atoms with Crippen molar-refractivity contribution in [2.24, 2.45) is 0 Å². The van der Waals surface area contributed by atoms with Gasteiger partial charge in [0.05, 0.1) is 25.7 Å². The summed E-state index contributed by atoms with van der Waals surface area (Å²) in [6, 6.07) is 5.47. The summed E-state index contributed by atoms with van der Waals surface area (Å²) in [7, 11) is 3.10. The number of carbonyl (C=O) groups is 2. The minimum atomic E-state index is -0.577. The molecule has 1 heterocycles. The Morgan fingerprint density at radius 2 is 2.07 bits per heavy atom. The molecule has 148 valence electrons. The molecule has 2 aliphatic rings. The molecule has 1 N–H and O–H groups in total. The molecule has 1 atom stereocenters. The molecule has 0 saturated heterocycles. The monoisotopic (exact) mass is 383 g/mol. The van der Waals surface area contributed by atoms with Crippen molar-refractivity contribution in [3.63, 3.8) is 0 Å². The van der Waals surface area contributed by atoms with Crippen LogP contribution in [0.3, 0.4) is 0 Å². The summed E-state index contributed by atoms with van der Waals surface area (Å²) in [4.78, 5) is 25.8. The van der Waals surface area contributed by atoms with Crippen molar-refractivity contribution < 1.29 is 23.8 Å². The average Bonchev–Trinajstić information content (AvgIpc) is 2.70. The largest absolute Gasteiger partial charge is 0.493 e. The topological polar surface area (TPSA) is 73.9 Å². The van der Waals surface area contributed by atoms with E-state index in [1.54, 1.807) is 20.3 Å². The van der Waals surface area contributed by atoms with Crippen LogP contribution in [0.1, 0.15) is 37.7 Å². The number of nitrogens with one attached hydrogen (secondary N) is 1. The van der Waals surface area contributed by atoms with Gasteiger partial charge in [0.25, 0.3) is 0 Å². The first-order valence-corrected chi connectivity index (χ1v) is 9.26. The lowest BCUT2D eigenvalue weighted by Crippen LogP contribution is -2.34. The molecule has 0 spiro atoms. The summed E-state index contributed by atoms with van der Waals surface area (Å²) in [6.45, 7) is 5.51. The first-order valence-electron chi connectivity index (χ1n) is 9.26. The normalized spacial score (nSPS) is 19.0. The fraction of sp³-hybridized carbons (Fsp3) is 0.364. The number of allylic oxidation sites excluding steroid dienone is 3. The maximum atomic E-state index is 12.9. The number of Topliss-reactive ketones (excluding diaryl/α,β-unsaturated/α-hetero) is 1. The third-order valence-electron chi connectivity index (χ3n) is 5.07. The Morgan fingerprint density at radius 1 is 1.29 bits per heavy atom. The highest BCUT2D eigenvalue weighted by atomic mass is 16.5. The molecule has 0 saturated carbocycles. The van der Waals surface area contributed by atoms with Crippen LogP contribution in [0.4, 0.5) is 0 Å². The number of para-hydroxylation sites is 1. The van der Waals surface area contributed by atoms with Gasteiger partial charge >= 0.3 is 5.97 Å². The number of esters is 1. The predicted octanol–water partition coefficient (Wildman–Crippen LogP) is 3.40. The number of rotatable bonds is 6. The van der Waals surface area contributed by atoms with Crippen molar-refractivity contribution in [1.29, 1.82) is 0 Å². The van der Waals surface area contributed by atoms with Gasteiger partial charge in [0, 0.05) is 29.0 Å². The van der Waals surface area contributed by atoms with Gasteiger partial charge in [0.15, 0.2) is 17.3 Å².